The van der Waals surface area contributed by atoms with Gasteiger partial charge in [0.2, 0.25) is 5.91 Å². The maximum Gasteiger partial charge on any atom is 0.224 e. The van der Waals surface area contributed by atoms with Crippen molar-refractivity contribution in [3.8, 4) is 0 Å². The number of rotatable bonds is 3. The van der Waals surface area contributed by atoms with E-state index in [9.17, 15) is 4.79 Å². The van der Waals surface area contributed by atoms with Gasteiger partial charge in [0.1, 0.15) is 0 Å². The number of carbonyl (C=O) groups excluding carboxylic acids is 1. The fourth-order valence-electron chi connectivity index (χ4n) is 1.68. The average molecular weight is 186 g/mol. The normalized spacial score (nSPS) is 28.5. The zero-order valence-electron chi connectivity index (χ0n) is 8.05. The zero-order chi connectivity index (χ0) is 9.68. The Morgan fingerprint density at radius 2 is 2.38 bits per heavy atom. The van der Waals surface area contributed by atoms with Crippen molar-refractivity contribution in [3.05, 3.63) is 0 Å². The van der Waals surface area contributed by atoms with E-state index >= 15 is 0 Å². The van der Waals surface area contributed by atoms with Gasteiger partial charge in [0.15, 0.2) is 0 Å². The number of nitrogens with one attached hydrogen (secondary N) is 2. The molecular formula is C9H18N2O2. The van der Waals surface area contributed by atoms with Gasteiger partial charge < -0.3 is 15.7 Å². The summed E-state index contributed by atoms with van der Waals surface area (Å²) in [6, 6.07) is 0. The second kappa shape index (κ2) is 5.19. The van der Waals surface area contributed by atoms with Gasteiger partial charge in [-0.2, -0.15) is 0 Å². The molecule has 0 aromatic carbocycles. The Hall–Kier alpha value is -0.610. The Morgan fingerprint density at radius 1 is 1.62 bits per heavy atom. The molecule has 1 saturated heterocycles. The summed E-state index contributed by atoms with van der Waals surface area (Å²) in [6.07, 6.45) is 0.949. The van der Waals surface area contributed by atoms with Crippen molar-refractivity contribution in [2.45, 2.75) is 13.3 Å². The van der Waals surface area contributed by atoms with Gasteiger partial charge in [-0.15, -0.1) is 0 Å². The molecule has 0 aromatic heterocycles. The first-order valence-electron chi connectivity index (χ1n) is 4.83. The number of piperidine rings is 1. The van der Waals surface area contributed by atoms with Crippen molar-refractivity contribution in [2.75, 3.05) is 26.2 Å². The topological polar surface area (TPSA) is 61.4 Å². The van der Waals surface area contributed by atoms with Crippen LogP contribution in [0, 0.1) is 11.8 Å². The molecular weight excluding hydrogens is 168 g/mol. The van der Waals surface area contributed by atoms with Gasteiger partial charge >= 0.3 is 0 Å². The minimum atomic E-state index is 0.0153. The maximum atomic E-state index is 11.4. The first-order valence-corrected chi connectivity index (χ1v) is 4.83. The van der Waals surface area contributed by atoms with Gasteiger partial charge in [-0.3, -0.25) is 4.79 Å². The standard InChI is InChI=1S/C9H18N2O2/c1-7-4-8(6-10-5-7)9(13)11-2-3-12/h7-8,10,12H,2-6H2,1H3,(H,11,13). The van der Waals surface area contributed by atoms with Crippen molar-refractivity contribution >= 4 is 5.91 Å². The molecule has 1 aliphatic heterocycles. The molecule has 0 radical (unpaired) electrons. The fraction of sp³-hybridized carbons (Fsp3) is 0.889. The largest absolute Gasteiger partial charge is 0.395 e. The highest BCUT2D eigenvalue weighted by Crippen LogP contribution is 2.15. The van der Waals surface area contributed by atoms with E-state index in [1.165, 1.54) is 0 Å². The summed E-state index contributed by atoms with van der Waals surface area (Å²) in [5.41, 5.74) is 0. The lowest BCUT2D eigenvalue weighted by atomic mass is 9.91. The third-order valence-corrected chi connectivity index (χ3v) is 2.35. The van der Waals surface area contributed by atoms with E-state index < -0.39 is 0 Å². The van der Waals surface area contributed by atoms with Crippen molar-refractivity contribution < 1.29 is 9.90 Å². The van der Waals surface area contributed by atoms with Crippen molar-refractivity contribution in [1.29, 1.82) is 0 Å². The summed E-state index contributed by atoms with van der Waals surface area (Å²) in [5.74, 6) is 0.710. The van der Waals surface area contributed by atoms with E-state index in [0.717, 1.165) is 19.5 Å². The summed E-state index contributed by atoms with van der Waals surface area (Å²) in [5, 5.41) is 14.4. The molecule has 2 unspecified atom stereocenters. The number of aliphatic hydroxyl groups is 1. The monoisotopic (exact) mass is 186 g/mol. The summed E-state index contributed by atoms with van der Waals surface area (Å²) in [6.45, 7) is 4.29. The van der Waals surface area contributed by atoms with E-state index in [1.807, 2.05) is 0 Å². The highest BCUT2D eigenvalue weighted by Gasteiger charge is 2.24. The first-order chi connectivity index (χ1) is 6.24. The Balaban J connectivity index is 2.28. The van der Waals surface area contributed by atoms with Gasteiger partial charge in [-0.25, -0.2) is 0 Å². The predicted octanol–water partition coefficient (Wildman–Crippen LogP) is -0.659. The molecule has 0 spiro atoms. The van der Waals surface area contributed by atoms with Crippen molar-refractivity contribution in [1.82, 2.24) is 10.6 Å². The molecule has 1 heterocycles. The quantitative estimate of drug-likeness (QED) is 0.548. The van der Waals surface area contributed by atoms with Crippen LogP contribution in [0.25, 0.3) is 0 Å². The second-order valence-electron chi connectivity index (χ2n) is 3.71. The van der Waals surface area contributed by atoms with Crippen LogP contribution in [-0.2, 0) is 4.79 Å². The molecule has 0 aromatic rings. The van der Waals surface area contributed by atoms with Crippen LogP contribution in [-0.4, -0.2) is 37.3 Å². The maximum absolute atomic E-state index is 11.4. The molecule has 1 rings (SSSR count). The minimum absolute atomic E-state index is 0.0153. The molecule has 3 N–H and O–H groups in total. The van der Waals surface area contributed by atoms with E-state index in [0.29, 0.717) is 12.5 Å². The van der Waals surface area contributed by atoms with Gasteiger partial charge in [0.25, 0.3) is 0 Å². The summed E-state index contributed by atoms with van der Waals surface area (Å²) >= 11 is 0. The van der Waals surface area contributed by atoms with Crippen LogP contribution in [0.3, 0.4) is 0 Å². The molecule has 0 aliphatic carbocycles. The Morgan fingerprint density at radius 3 is 3.00 bits per heavy atom. The van der Waals surface area contributed by atoms with Gasteiger partial charge in [-0.05, 0) is 18.9 Å². The molecule has 1 aliphatic rings. The summed E-state index contributed by atoms with van der Waals surface area (Å²) in [4.78, 5) is 11.4. The average Bonchev–Trinajstić information content (AvgIpc) is 2.14. The molecule has 4 nitrogen and oxygen atoms in total. The van der Waals surface area contributed by atoms with Gasteiger partial charge in [0.05, 0.1) is 12.5 Å². The lowest BCUT2D eigenvalue weighted by Gasteiger charge is -2.26. The minimum Gasteiger partial charge on any atom is -0.395 e. The van der Waals surface area contributed by atoms with Crippen LogP contribution in [0.2, 0.25) is 0 Å². The smallest absolute Gasteiger partial charge is 0.224 e. The Bertz CT molecular complexity index is 173. The lowest BCUT2D eigenvalue weighted by Crippen LogP contribution is -2.43. The van der Waals surface area contributed by atoms with Crippen LogP contribution in [0.15, 0.2) is 0 Å². The number of amides is 1. The Labute approximate surface area is 78.7 Å². The van der Waals surface area contributed by atoms with Crippen LogP contribution < -0.4 is 10.6 Å². The molecule has 1 fully saturated rings. The highest BCUT2D eigenvalue weighted by atomic mass is 16.3. The first kappa shape index (κ1) is 10.5. The molecule has 1 amide bonds. The van der Waals surface area contributed by atoms with Gasteiger partial charge in [-0.1, -0.05) is 6.92 Å². The summed E-state index contributed by atoms with van der Waals surface area (Å²) in [7, 11) is 0. The van der Waals surface area contributed by atoms with Gasteiger partial charge in [0, 0.05) is 13.1 Å². The third-order valence-electron chi connectivity index (χ3n) is 2.35. The zero-order valence-corrected chi connectivity index (χ0v) is 8.05. The Kier molecular flexibility index (Phi) is 4.18. The predicted molar refractivity (Wildman–Crippen MR) is 50.2 cm³/mol. The number of hydrogen-bond donors (Lipinski definition) is 3. The molecule has 0 saturated carbocycles. The lowest BCUT2D eigenvalue weighted by molar-refractivity contribution is -0.126. The molecule has 13 heavy (non-hydrogen) atoms. The van der Waals surface area contributed by atoms with E-state index in [-0.39, 0.29) is 18.4 Å². The van der Waals surface area contributed by atoms with E-state index in [4.69, 9.17) is 5.11 Å². The molecule has 4 heteroatoms. The molecule has 2 atom stereocenters. The van der Waals surface area contributed by atoms with Crippen LogP contribution in [0.1, 0.15) is 13.3 Å². The summed E-state index contributed by atoms with van der Waals surface area (Å²) < 4.78 is 0. The SMILES string of the molecule is CC1CNCC(C(=O)NCCO)C1. The molecule has 0 bridgehead atoms. The van der Waals surface area contributed by atoms with Crippen molar-refractivity contribution in [3.63, 3.8) is 0 Å². The van der Waals surface area contributed by atoms with Crippen LogP contribution in [0.5, 0.6) is 0 Å². The third kappa shape index (κ3) is 3.32. The van der Waals surface area contributed by atoms with Crippen molar-refractivity contribution in [2.24, 2.45) is 11.8 Å². The van der Waals surface area contributed by atoms with E-state index in [1.54, 1.807) is 0 Å². The number of aliphatic hydroxyl groups excluding tert-OH is 1. The van der Waals surface area contributed by atoms with Crippen LogP contribution >= 0.6 is 0 Å². The number of carbonyl (C=O) groups is 1. The van der Waals surface area contributed by atoms with Crippen LogP contribution in [0.4, 0.5) is 0 Å². The fourth-order valence-corrected chi connectivity index (χ4v) is 1.68. The van der Waals surface area contributed by atoms with E-state index in [2.05, 4.69) is 17.6 Å². The number of hydrogen-bond acceptors (Lipinski definition) is 3. The second-order valence-corrected chi connectivity index (χ2v) is 3.71. The highest BCUT2D eigenvalue weighted by molar-refractivity contribution is 5.78. The molecule has 76 valence electrons.